The molecule has 0 bridgehead atoms. The number of alkyl halides is 2. The zero-order valence-electron chi connectivity index (χ0n) is 10.5. The van der Waals surface area contributed by atoms with Crippen molar-refractivity contribution < 1.29 is 18.0 Å². The van der Waals surface area contributed by atoms with Crippen LogP contribution in [0.1, 0.15) is 34.3 Å². The summed E-state index contributed by atoms with van der Waals surface area (Å²) in [5, 5.41) is 2.41. The van der Waals surface area contributed by atoms with Crippen molar-refractivity contribution in [3.8, 4) is 0 Å². The summed E-state index contributed by atoms with van der Waals surface area (Å²) in [5.74, 6) is -4.04. The van der Waals surface area contributed by atoms with Crippen molar-refractivity contribution in [2.45, 2.75) is 31.7 Å². The van der Waals surface area contributed by atoms with E-state index in [1.165, 1.54) is 18.2 Å². The van der Waals surface area contributed by atoms with E-state index in [1.807, 2.05) is 0 Å². The van der Waals surface area contributed by atoms with Gasteiger partial charge in [-0.05, 0) is 30.2 Å². The van der Waals surface area contributed by atoms with Crippen molar-refractivity contribution in [3.05, 3.63) is 41.2 Å². The molecule has 1 aromatic carbocycles. The summed E-state index contributed by atoms with van der Waals surface area (Å²) in [6.07, 6.45) is 0.740. The maximum absolute atomic E-state index is 13.7. The molecular weight excluding hydrogens is 255 g/mol. The number of amides is 1. The average Bonchev–Trinajstić information content (AvgIpc) is 2.26. The van der Waals surface area contributed by atoms with Gasteiger partial charge in [0.2, 0.25) is 0 Å². The van der Waals surface area contributed by atoms with E-state index in [-0.39, 0.29) is 18.4 Å². The van der Waals surface area contributed by atoms with Crippen LogP contribution in [0.25, 0.3) is 6.08 Å². The second-order valence-corrected chi connectivity index (χ2v) is 4.83. The van der Waals surface area contributed by atoms with Crippen molar-refractivity contribution >= 4 is 12.0 Å². The Morgan fingerprint density at radius 1 is 1.47 bits per heavy atom. The average molecular weight is 269 g/mol. The fraction of sp³-hybridized carbons (Fsp3) is 0.357. The van der Waals surface area contributed by atoms with Gasteiger partial charge >= 0.3 is 0 Å². The molecule has 0 radical (unpaired) electrons. The number of halogens is 3. The zero-order valence-corrected chi connectivity index (χ0v) is 10.5. The normalized spacial score (nSPS) is 17.7. The van der Waals surface area contributed by atoms with Gasteiger partial charge in [0.15, 0.2) is 0 Å². The molecule has 1 aliphatic carbocycles. The van der Waals surface area contributed by atoms with E-state index in [0.29, 0.717) is 11.1 Å². The van der Waals surface area contributed by atoms with Crippen LogP contribution in [0.2, 0.25) is 0 Å². The molecule has 2 nitrogen and oxygen atoms in total. The molecule has 1 aromatic rings. The Balaban J connectivity index is 2.13. The van der Waals surface area contributed by atoms with Gasteiger partial charge in [0, 0.05) is 18.9 Å². The standard InChI is InChI=1S/C14H14F3NO/c1-3-9-5-11(12(15)4-8(9)2)13(19)18-10-6-14(16,17)7-10/h3-5,10H,1,6-7H2,2H3,(H,18,19). The van der Waals surface area contributed by atoms with Gasteiger partial charge in [-0.2, -0.15) is 0 Å². The molecule has 1 aliphatic rings. The number of aryl methyl sites for hydroxylation is 1. The third kappa shape index (κ3) is 2.80. The molecule has 0 atom stereocenters. The van der Waals surface area contributed by atoms with Gasteiger partial charge < -0.3 is 5.32 Å². The maximum Gasteiger partial charge on any atom is 0.254 e. The van der Waals surface area contributed by atoms with Crippen LogP contribution in [-0.4, -0.2) is 17.9 Å². The Kier molecular flexibility index (Phi) is 3.39. The van der Waals surface area contributed by atoms with Crippen molar-refractivity contribution in [1.29, 1.82) is 0 Å². The lowest BCUT2D eigenvalue weighted by Gasteiger charge is -2.35. The number of carbonyl (C=O) groups is 1. The molecule has 5 heteroatoms. The molecule has 0 aliphatic heterocycles. The van der Waals surface area contributed by atoms with Crippen LogP contribution >= 0.6 is 0 Å². The topological polar surface area (TPSA) is 29.1 Å². The summed E-state index contributed by atoms with van der Waals surface area (Å²) < 4.78 is 39.0. The molecule has 0 aromatic heterocycles. The number of benzene rings is 1. The summed E-state index contributed by atoms with van der Waals surface area (Å²) >= 11 is 0. The summed E-state index contributed by atoms with van der Waals surface area (Å²) in [4.78, 5) is 11.8. The molecule has 0 saturated heterocycles. The Morgan fingerprint density at radius 2 is 2.11 bits per heavy atom. The number of nitrogens with one attached hydrogen (secondary N) is 1. The fourth-order valence-electron chi connectivity index (χ4n) is 2.11. The Labute approximate surface area is 109 Å². The SMILES string of the molecule is C=Cc1cc(C(=O)NC2CC(F)(F)C2)c(F)cc1C. The van der Waals surface area contributed by atoms with Crippen molar-refractivity contribution in [1.82, 2.24) is 5.32 Å². The second-order valence-electron chi connectivity index (χ2n) is 4.83. The first-order chi connectivity index (χ1) is 8.82. The van der Waals surface area contributed by atoms with Gasteiger partial charge in [0.25, 0.3) is 11.8 Å². The lowest BCUT2D eigenvalue weighted by molar-refractivity contribution is -0.0901. The molecule has 2 rings (SSSR count). The first kappa shape index (κ1) is 13.6. The smallest absolute Gasteiger partial charge is 0.254 e. The van der Waals surface area contributed by atoms with Crippen LogP contribution in [0.3, 0.4) is 0 Å². The van der Waals surface area contributed by atoms with E-state index in [2.05, 4.69) is 11.9 Å². The van der Waals surface area contributed by atoms with Gasteiger partial charge in [0.05, 0.1) is 5.56 Å². The van der Waals surface area contributed by atoms with Crippen LogP contribution < -0.4 is 5.32 Å². The Hall–Kier alpha value is -1.78. The van der Waals surface area contributed by atoms with Crippen LogP contribution in [0.15, 0.2) is 18.7 Å². The largest absolute Gasteiger partial charge is 0.349 e. The Bertz CT molecular complexity index is 532. The molecule has 0 heterocycles. The van der Waals surface area contributed by atoms with E-state index in [1.54, 1.807) is 6.92 Å². The molecule has 1 amide bonds. The number of hydrogen-bond acceptors (Lipinski definition) is 1. The van der Waals surface area contributed by atoms with Crippen LogP contribution in [0.5, 0.6) is 0 Å². The molecule has 1 saturated carbocycles. The minimum absolute atomic E-state index is 0.143. The van der Waals surface area contributed by atoms with E-state index in [9.17, 15) is 18.0 Å². The van der Waals surface area contributed by atoms with Gasteiger partial charge in [0.1, 0.15) is 5.82 Å². The molecule has 0 spiro atoms. The first-order valence-corrected chi connectivity index (χ1v) is 5.93. The van der Waals surface area contributed by atoms with E-state index in [4.69, 9.17) is 0 Å². The highest BCUT2D eigenvalue weighted by Crippen LogP contribution is 2.37. The minimum atomic E-state index is -2.71. The lowest BCUT2D eigenvalue weighted by Crippen LogP contribution is -2.50. The quantitative estimate of drug-likeness (QED) is 0.896. The van der Waals surface area contributed by atoms with Gasteiger partial charge in [-0.3, -0.25) is 4.79 Å². The van der Waals surface area contributed by atoms with Crippen LogP contribution in [0.4, 0.5) is 13.2 Å². The molecule has 1 fully saturated rings. The third-order valence-corrected chi connectivity index (χ3v) is 3.25. The van der Waals surface area contributed by atoms with Crippen molar-refractivity contribution in [3.63, 3.8) is 0 Å². The Morgan fingerprint density at radius 3 is 2.63 bits per heavy atom. The fourth-order valence-corrected chi connectivity index (χ4v) is 2.11. The summed E-state index contributed by atoms with van der Waals surface area (Å²) in [5.41, 5.74) is 1.17. The van der Waals surface area contributed by atoms with Crippen molar-refractivity contribution in [2.24, 2.45) is 0 Å². The molecule has 102 valence electrons. The lowest BCUT2D eigenvalue weighted by atomic mass is 9.88. The first-order valence-electron chi connectivity index (χ1n) is 5.93. The molecule has 1 N–H and O–H groups in total. The number of rotatable bonds is 3. The predicted molar refractivity (Wildman–Crippen MR) is 66.7 cm³/mol. The van der Waals surface area contributed by atoms with Crippen LogP contribution in [-0.2, 0) is 0 Å². The molecular formula is C14H14F3NO. The van der Waals surface area contributed by atoms with Crippen molar-refractivity contribution in [2.75, 3.05) is 0 Å². The number of hydrogen-bond donors (Lipinski definition) is 1. The highest BCUT2D eigenvalue weighted by Gasteiger charge is 2.46. The zero-order chi connectivity index (χ0) is 14.2. The van der Waals surface area contributed by atoms with Gasteiger partial charge in [-0.1, -0.05) is 12.7 Å². The number of carbonyl (C=O) groups excluding carboxylic acids is 1. The maximum atomic E-state index is 13.7. The summed E-state index contributed by atoms with van der Waals surface area (Å²) in [6.45, 7) is 5.28. The predicted octanol–water partition coefficient (Wildman–Crippen LogP) is 3.30. The molecule has 0 unspecified atom stereocenters. The van der Waals surface area contributed by atoms with E-state index in [0.717, 1.165) is 0 Å². The summed E-state index contributed by atoms with van der Waals surface area (Å²) in [6, 6.07) is 2.03. The minimum Gasteiger partial charge on any atom is -0.349 e. The molecule has 19 heavy (non-hydrogen) atoms. The van der Waals surface area contributed by atoms with Crippen LogP contribution in [0, 0.1) is 12.7 Å². The van der Waals surface area contributed by atoms with E-state index >= 15 is 0 Å². The van der Waals surface area contributed by atoms with Gasteiger partial charge in [-0.25, -0.2) is 13.2 Å². The highest BCUT2D eigenvalue weighted by molar-refractivity contribution is 5.95. The highest BCUT2D eigenvalue weighted by atomic mass is 19.3. The summed E-state index contributed by atoms with van der Waals surface area (Å²) in [7, 11) is 0. The monoisotopic (exact) mass is 269 g/mol. The second kappa shape index (κ2) is 4.72. The van der Waals surface area contributed by atoms with Gasteiger partial charge in [-0.15, -0.1) is 0 Å². The van der Waals surface area contributed by atoms with E-state index < -0.39 is 23.7 Å². The third-order valence-electron chi connectivity index (χ3n) is 3.25.